The van der Waals surface area contributed by atoms with Gasteiger partial charge in [-0.15, -0.1) is 0 Å². The van der Waals surface area contributed by atoms with Crippen molar-refractivity contribution in [3.8, 4) is 0 Å². The minimum atomic E-state index is -1.07. The lowest BCUT2D eigenvalue weighted by Gasteiger charge is -2.33. The van der Waals surface area contributed by atoms with Crippen LogP contribution >= 0.6 is 0 Å². The number of nitrogens with zero attached hydrogens (tertiary/aromatic N) is 7. The van der Waals surface area contributed by atoms with Crippen molar-refractivity contribution in [3.63, 3.8) is 0 Å². The SMILES string of the molecule is CC(CN=[N+]=[N-])(CN=[N+]=[N-])OC(O)N1CCCC1. The van der Waals surface area contributed by atoms with E-state index in [1.807, 2.05) is 0 Å². The van der Waals surface area contributed by atoms with E-state index in [0.29, 0.717) is 0 Å². The minimum Gasteiger partial charge on any atom is -0.356 e. The van der Waals surface area contributed by atoms with Gasteiger partial charge in [-0.3, -0.25) is 4.90 Å². The molecule has 1 heterocycles. The number of azide groups is 2. The van der Waals surface area contributed by atoms with E-state index in [2.05, 4.69) is 20.1 Å². The Bertz CT molecular complexity index is 336. The molecule has 0 aromatic heterocycles. The average Bonchev–Trinajstić information content (AvgIpc) is 2.88. The van der Waals surface area contributed by atoms with E-state index in [1.54, 1.807) is 11.8 Å². The van der Waals surface area contributed by atoms with Crippen LogP contribution in [0.15, 0.2) is 10.2 Å². The van der Waals surface area contributed by atoms with Crippen molar-refractivity contribution in [2.75, 3.05) is 26.2 Å². The van der Waals surface area contributed by atoms with Gasteiger partial charge in [-0.2, -0.15) is 0 Å². The summed E-state index contributed by atoms with van der Waals surface area (Å²) in [7, 11) is 0. The van der Waals surface area contributed by atoms with E-state index in [9.17, 15) is 5.11 Å². The molecule has 1 rings (SSSR count). The van der Waals surface area contributed by atoms with Crippen molar-refractivity contribution < 1.29 is 9.84 Å². The van der Waals surface area contributed by atoms with E-state index in [1.165, 1.54) is 0 Å². The standard InChI is InChI=1S/C9H17N7O2/c1-9(6-12-14-10,7-13-15-11)18-8(17)16-4-2-3-5-16/h8,17H,2-7H2,1H3. The molecule has 0 bridgehead atoms. The Hall–Kier alpha value is -1.50. The second-order valence-electron chi connectivity index (χ2n) is 4.42. The molecule has 0 saturated carbocycles. The predicted octanol–water partition coefficient (Wildman–Crippen LogP) is 1.75. The molecule has 18 heavy (non-hydrogen) atoms. The summed E-state index contributed by atoms with van der Waals surface area (Å²) in [4.78, 5) is 7.08. The van der Waals surface area contributed by atoms with Gasteiger partial charge in [0.1, 0.15) is 0 Å². The first kappa shape index (κ1) is 14.6. The third-order valence-corrected chi connectivity index (χ3v) is 2.78. The first-order valence-corrected chi connectivity index (χ1v) is 5.73. The van der Waals surface area contributed by atoms with Crippen LogP contribution in [-0.2, 0) is 4.74 Å². The van der Waals surface area contributed by atoms with Gasteiger partial charge < -0.3 is 9.84 Å². The van der Waals surface area contributed by atoms with E-state index < -0.39 is 12.0 Å². The van der Waals surface area contributed by atoms with Gasteiger partial charge in [-0.25, -0.2) is 0 Å². The Morgan fingerprint density at radius 3 is 2.22 bits per heavy atom. The Balaban J connectivity index is 2.63. The van der Waals surface area contributed by atoms with Gasteiger partial charge in [0.2, 0.25) is 6.41 Å². The number of hydrogen-bond acceptors (Lipinski definition) is 5. The van der Waals surface area contributed by atoms with E-state index in [0.717, 1.165) is 25.9 Å². The van der Waals surface area contributed by atoms with Crippen LogP contribution in [0.4, 0.5) is 0 Å². The molecule has 9 nitrogen and oxygen atoms in total. The summed E-state index contributed by atoms with van der Waals surface area (Å²) in [5, 5.41) is 16.8. The van der Waals surface area contributed by atoms with Gasteiger partial charge >= 0.3 is 0 Å². The van der Waals surface area contributed by atoms with Gasteiger partial charge in [0.25, 0.3) is 0 Å². The van der Waals surface area contributed by atoms with Gasteiger partial charge in [0.15, 0.2) is 0 Å². The number of aliphatic hydroxyl groups is 1. The maximum atomic E-state index is 9.92. The zero-order chi connectivity index (χ0) is 13.4. The first-order chi connectivity index (χ1) is 8.61. The van der Waals surface area contributed by atoms with Gasteiger partial charge in [-0.1, -0.05) is 10.2 Å². The van der Waals surface area contributed by atoms with Crippen LogP contribution in [0.25, 0.3) is 20.9 Å². The topological polar surface area (TPSA) is 130 Å². The normalized spacial score (nSPS) is 20.6. The lowest BCUT2D eigenvalue weighted by Crippen LogP contribution is -2.46. The van der Waals surface area contributed by atoms with Gasteiger partial charge in [0.05, 0.1) is 18.7 Å². The molecule has 0 amide bonds. The summed E-state index contributed by atoms with van der Waals surface area (Å²) in [6.45, 7) is 3.15. The highest BCUT2D eigenvalue weighted by molar-refractivity contribution is 4.82. The monoisotopic (exact) mass is 255 g/mol. The Morgan fingerprint density at radius 1 is 1.28 bits per heavy atom. The molecule has 1 fully saturated rings. The summed E-state index contributed by atoms with van der Waals surface area (Å²) in [5.74, 6) is 0. The highest BCUT2D eigenvalue weighted by atomic mass is 16.6. The Labute approximate surface area is 105 Å². The molecule has 9 heteroatoms. The predicted molar refractivity (Wildman–Crippen MR) is 64.3 cm³/mol. The lowest BCUT2D eigenvalue weighted by molar-refractivity contribution is -0.237. The molecular weight excluding hydrogens is 238 g/mol. The first-order valence-electron chi connectivity index (χ1n) is 5.73. The highest BCUT2D eigenvalue weighted by Gasteiger charge is 2.30. The molecule has 0 aromatic carbocycles. The zero-order valence-electron chi connectivity index (χ0n) is 10.3. The maximum absolute atomic E-state index is 9.92. The fourth-order valence-electron chi connectivity index (χ4n) is 1.78. The lowest BCUT2D eigenvalue weighted by atomic mass is 10.1. The number of likely N-dealkylation sites (tertiary alicyclic amines) is 1. The van der Waals surface area contributed by atoms with Crippen molar-refractivity contribution in [2.24, 2.45) is 10.2 Å². The molecule has 0 spiro atoms. The summed E-state index contributed by atoms with van der Waals surface area (Å²) in [5.41, 5.74) is 15.7. The van der Waals surface area contributed by atoms with E-state index in [4.69, 9.17) is 15.8 Å². The fourth-order valence-corrected chi connectivity index (χ4v) is 1.78. The molecule has 1 unspecified atom stereocenters. The van der Waals surface area contributed by atoms with Crippen LogP contribution in [0, 0.1) is 0 Å². The van der Waals surface area contributed by atoms with E-state index >= 15 is 0 Å². The third-order valence-electron chi connectivity index (χ3n) is 2.78. The van der Waals surface area contributed by atoms with Crippen molar-refractivity contribution in [2.45, 2.75) is 31.8 Å². The summed E-state index contributed by atoms with van der Waals surface area (Å²) in [6, 6.07) is 0. The Kier molecular flexibility index (Phi) is 5.70. The number of hydrogen-bond donors (Lipinski definition) is 1. The van der Waals surface area contributed by atoms with Gasteiger partial charge in [-0.05, 0) is 30.8 Å². The second kappa shape index (κ2) is 7.05. The fraction of sp³-hybridized carbons (Fsp3) is 1.00. The number of aliphatic hydroxyl groups excluding tert-OH is 1. The summed E-state index contributed by atoms with van der Waals surface area (Å²) >= 11 is 0. The minimum absolute atomic E-state index is 0.00653. The van der Waals surface area contributed by atoms with Crippen molar-refractivity contribution in [1.29, 1.82) is 0 Å². The highest BCUT2D eigenvalue weighted by Crippen LogP contribution is 2.19. The Morgan fingerprint density at radius 2 is 1.78 bits per heavy atom. The van der Waals surface area contributed by atoms with Crippen LogP contribution in [0.3, 0.4) is 0 Å². The number of rotatable bonds is 7. The molecule has 100 valence electrons. The van der Waals surface area contributed by atoms with Crippen molar-refractivity contribution >= 4 is 0 Å². The largest absolute Gasteiger partial charge is 0.356 e. The molecular formula is C9H17N7O2. The molecule has 1 saturated heterocycles. The quantitative estimate of drug-likeness (QED) is 0.321. The van der Waals surface area contributed by atoms with Crippen LogP contribution < -0.4 is 0 Å². The molecule has 1 aliphatic rings. The summed E-state index contributed by atoms with van der Waals surface area (Å²) in [6.07, 6.45) is 0.966. The maximum Gasteiger partial charge on any atom is 0.216 e. The molecule has 0 aliphatic carbocycles. The van der Waals surface area contributed by atoms with E-state index in [-0.39, 0.29) is 13.1 Å². The van der Waals surface area contributed by atoms with Crippen molar-refractivity contribution in [3.05, 3.63) is 20.9 Å². The molecule has 1 atom stereocenters. The molecule has 0 radical (unpaired) electrons. The molecule has 0 aromatic rings. The molecule has 1 aliphatic heterocycles. The smallest absolute Gasteiger partial charge is 0.216 e. The average molecular weight is 255 g/mol. The second-order valence-corrected chi connectivity index (χ2v) is 4.42. The van der Waals surface area contributed by atoms with Crippen LogP contribution in [0.1, 0.15) is 19.8 Å². The van der Waals surface area contributed by atoms with Crippen LogP contribution in [-0.4, -0.2) is 48.2 Å². The third kappa shape index (κ3) is 4.40. The van der Waals surface area contributed by atoms with Gasteiger partial charge in [0, 0.05) is 22.9 Å². The molecule has 1 N–H and O–H groups in total. The van der Waals surface area contributed by atoms with Crippen LogP contribution in [0.5, 0.6) is 0 Å². The number of ether oxygens (including phenoxy) is 1. The zero-order valence-corrected chi connectivity index (χ0v) is 10.3. The summed E-state index contributed by atoms with van der Waals surface area (Å²) < 4.78 is 5.48. The van der Waals surface area contributed by atoms with Crippen LogP contribution in [0.2, 0.25) is 0 Å². The van der Waals surface area contributed by atoms with Crippen molar-refractivity contribution in [1.82, 2.24) is 4.90 Å².